The van der Waals surface area contributed by atoms with Crippen molar-refractivity contribution in [2.45, 2.75) is 24.9 Å². The summed E-state index contributed by atoms with van der Waals surface area (Å²) in [4.78, 5) is 48.0. The van der Waals surface area contributed by atoms with Crippen LogP contribution in [0.5, 0.6) is 0 Å². The molecule has 2 aromatic rings. The van der Waals surface area contributed by atoms with E-state index in [1.165, 1.54) is 16.7 Å². The van der Waals surface area contributed by atoms with Crippen LogP contribution in [-0.2, 0) is 25.8 Å². The van der Waals surface area contributed by atoms with E-state index in [0.717, 1.165) is 11.5 Å². The molecule has 1 saturated heterocycles. The van der Waals surface area contributed by atoms with Gasteiger partial charge < -0.3 is 21.0 Å². The van der Waals surface area contributed by atoms with Gasteiger partial charge in [0.2, 0.25) is 11.5 Å². The summed E-state index contributed by atoms with van der Waals surface area (Å²) in [6.07, 6.45) is 3.43. The maximum absolute atomic E-state index is 12.9. The number of aromatic nitrogens is 3. The van der Waals surface area contributed by atoms with Crippen LogP contribution in [0.1, 0.15) is 12.7 Å². The van der Waals surface area contributed by atoms with Crippen molar-refractivity contribution in [3.63, 3.8) is 0 Å². The van der Waals surface area contributed by atoms with Crippen molar-refractivity contribution in [3.05, 3.63) is 46.6 Å². The summed E-state index contributed by atoms with van der Waals surface area (Å²) < 4.78 is 5.71. The molecule has 178 valence electrons. The molecular weight excluding hydrogens is 506 g/mol. The number of carbonyl (C=O) groups is 3. The van der Waals surface area contributed by atoms with E-state index < -0.39 is 29.2 Å². The highest BCUT2D eigenvalue weighted by molar-refractivity contribution is 8.00. The van der Waals surface area contributed by atoms with Crippen LogP contribution in [0, 0.1) is 0 Å². The molecule has 34 heavy (non-hydrogen) atoms. The number of carboxylic acids is 1. The van der Waals surface area contributed by atoms with E-state index >= 15 is 0 Å². The van der Waals surface area contributed by atoms with E-state index in [9.17, 15) is 19.5 Å². The van der Waals surface area contributed by atoms with E-state index in [1.54, 1.807) is 36.0 Å². The highest BCUT2D eigenvalue weighted by atomic mass is 35.5. The van der Waals surface area contributed by atoms with E-state index in [2.05, 4.69) is 19.8 Å². The molecule has 2 atom stereocenters. The number of oxime groups is 1. The number of carbonyl (C=O) groups excluding carboxylic acids is 2. The van der Waals surface area contributed by atoms with Gasteiger partial charge in [-0.1, -0.05) is 16.8 Å². The largest absolute Gasteiger partial charge is 0.477 e. The molecule has 0 saturated carbocycles. The third-order valence-corrected chi connectivity index (χ3v) is 6.99. The monoisotopic (exact) mass is 524 g/mol. The number of halogens is 1. The average molecular weight is 525 g/mol. The van der Waals surface area contributed by atoms with Crippen molar-refractivity contribution in [1.82, 2.24) is 19.6 Å². The SMILES string of the molecule is CCO/N=C(\C(=O)NC1C(=O)N2C(C(=O)O)=C(C[n+]3cccc(Cl)c3)CS[C@H]12)c1nsc(N)n1. The number of hydrogen-bond acceptors (Lipinski definition) is 10. The van der Waals surface area contributed by atoms with Crippen LogP contribution in [0.2, 0.25) is 5.02 Å². The summed E-state index contributed by atoms with van der Waals surface area (Å²) in [5, 5.41) is 16.3. The van der Waals surface area contributed by atoms with Crippen LogP contribution in [0.3, 0.4) is 0 Å². The van der Waals surface area contributed by atoms with Crippen molar-refractivity contribution >= 4 is 63.5 Å². The molecule has 0 spiro atoms. The Balaban J connectivity index is 1.53. The lowest BCUT2D eigenvalue weighted by atomic mass is 10.0. The minimum Gasteiger partial charge on any atom is -0.477 e. The van der Waals surface area contributed by atoms with Gasteiger partial charge in [0.15, 0.2) is 24.1 Å². The third-order valence-electron chi connectivity index (χ3n) is 4.89. The molecule has 0 aromatic carbocycles. The van der Waals surface area contributed by atoms with Crippen LogP contribution < -0.4 is 15.6 Å². The number of nitrogen functional groups attached to an aromatic ring is 1. The average Bonchev–Trinajstić information content (AvgIpc) is 3.23. The second-order valence-electron chi connectivity index (χ2n) is 7.13. The lowest BCUT2D eigenvalue weighted by Gasteiger charge is -2.49. The Bertz CT molecular complexity index is 1220. The molecule has 2 aromatic heterocycles. The second-order valence-corrected chi connectivity index (χ2v) is 9.45. The molecule has 2 aliphatic rings. The van der Waals surface area contributed by atoms with Crippen LogP contribution in [0.15, 0.2) is 41.0 Å². The maximum atomic E-state index is 12.9. The number of fused-ring (bicyclic) bond motifs is 1. The second kappa shape index (κ2) is 9.95. The zero-order chi connectivity index (χ0) is 24.4. The standard InChI is InChI=1S/C19H18ClN7O5S2/c1-2-32-24-11(14-23-19(21)34-25-14)15(28)22-12-16(29)27-13(18(30)31)9(8-33-17(12)27)6-26-5-3-4-10(20)7-26/h3-5,7,12,17H,2,6,8H2,1H3,(H3-,21,22,23,25,28,30,31)/p+1/b24-11-/t12?,17-/m1/s1. The van der Waals surface area contributed by atoms with Gasteiger partial charge in [-0.2, -0.15) is 13.9 Å². The molecule has 1 unspecified atom stereocenters. The first-order chi connectivity index (χ1) is 16.3. The summed E-state index contributed by atoms with van der Waals surface area (Å²) in [6, 6.07) is 2.51. The Morgan fingerprint density at radius 1 is 1.50 bits per heavy atom. The highest BCUT2D eigenvalue weighted by Crippen LogP contribution is 2.40. The van der Waals surface area contributed by atoms with Gasteiger partial charge in [0, 0.05) is 28.9 Å². The molecule has 12 nitrogen and oxygen atoms in total. The van der Waals surface area contributed by atoms with Gasteiger partial charge in [0.25, 0.3) is 11.8 Å². The Morgan fingerprint density at radius 3 is 2.94 bits per heavy atom. The van der Waals surface area contributed by atoms with E-state index in [4.69, 9.17) is 22.2 Å². The van der Waals surface area contributed by atoms with E-state index in [0.29, 0.717) is 16.3 Å². The molecule has 4 N–H and O–H groups in total. The Hall–Kier alpha value is -3.23. The number of pyridine rings is 1. The first kappa shape index (κ1) is 23.9. The number of thioether (sulfide) groups is 1. The fourth-order valence-corrected chi connectivity index (χ4v) is 5.44. The zero-order valence-electron chi connectivity index (χ0n) is 17.7. The number of nitrogens with zero attached hydrogens (tertiary/aromatic N) is 5. The van der Waals surface area contributed by atoms with Crippen molar-refractivity contribution in [1.29, 1.82) is 0 Å². The Kier molecular flexibility index (Phi) is 7.00. The first-order valence-electron chi connectivity index (χ1n) is 9.95. The van der Waals surface area contributed by atoms with Crippen molar-refractivity contribution in [3.8, 4) is 0 Å². The topological polar surface area (TPSA) is 164 Å². The lowest BCUT2D eigenvalue weighted by Crippen LogP contribution is -2.71. The molecule has 2 amide bonds. The zero-order valence-corrected chi connectivity index (χ0v) is 20.1. The number of nitrogens with one attached hydrogen (secondary N) is 1. The number of anilines is 1. The summed E-state index contributed by atoms with van der Waals surface area (Å²) >= 11 is 8.26. The minimum atomic E-state index is -1.22. The fourth-order valence-electron chi connectivity index (χ4n) is 3.47. The van der Waals surface area contributed by atoms with Crippen molar-refractivity contribution in [2.75, 3.05) is 18.1 Å². The third kappa shape index (κ3) is 4.69. The molecule has 4 rings (SSSR count). The summed E-state index contributed by atoms with van der Waals surface area (Å²) in [7, 11) is 0. The van der Waals surface area contributed by atoms with Gasteiger partial charge in [-0.05, 0) is 13.0 Å². The highest BCUT2D eigenvalue weighted by Gasteiger charge is 2.54. The van der Waals surface area contributed by atoms with Crippen molar-refractivity contribution < 1.29 is 28.9 Å². The molecule has 0 aliphatic carbocycles. The van der Waals surface area contributed by atoms with Gasteiger partial charge in [0.05, 0.1) is 0 Å². The van der Waals surface area contributed by atoms with Crippen LogP contribution in [0.25, 0.3) is 0 Å². The Morgan fingerprint density at radius 2 is 2.29 bits per heavy atom. The fraction of sp³-hybridized carbons (Fsp3) is 0.316. The van der Waals surface area contributed by atoms with Gasteiger partial charge in [-0.3, -0.25) is 14.5 Å². The number of rotatable bonds is 8. The maximum Gasteiger partial charge on any atom is 0.352 e. The molecule has 0 radical (unpaired) electrons. The predicted molar refractivity (Wildman–Crippen MR) is 124 cm³/mol. The molecular formula is C19H19ClN7O5S2+. The molecule has 4 heterocycles. The van der Waals surface area contributed by atoms with Gasteiger partial charge in [0.1, 0.15) is 28.7 Å². The van der Waals surface area contributed by atoms with Crippen LogP contribution in [0.4, 0.5) is 5.13 Å². The van der Waals surface area contributed by atoms with Crippen molar-refractivity contribution in [2.24, 2.45) is 5.16 Å². The van der Waals surface area contributed by atoms with Crippen LogP contribution >= 0.6 is 34.9 Å². The smallest absolute Gasteiger partial charge is 0.352 e. The Labute approximate surface area is 206 Å². The van der Waals surface area contributed by atoms with E-state index in [-0.39, 0.29) is 35.5 Å². The molecule has 15 heteroatoms. The molecule has 2 aliphatic heterocycles. The van der Waals surface area contributed by atoms with E-state index in [1.807, 2.05) is 0 Å². The quantitative estimate of drug-likeness (QED) is 0.190. The number of amides is 2. The molecule has 1 fully saturated rings. The number of carboxylic acid groups (broad SMARTS) is 1. The summed E-state index contributed by atoms with van der Waals surface area (Å²) in [5.41, 5.74) is 5.83. The number of β-lactam (4-membered cyclic amide) rings is 1. The van der Waals surface area contributed by atoms with Gasteiger partial charge >= 0.3 is 5.97 Å². The summed E-state index contributed by atoms with van der Waals surface area (Å²) in [6.45, 7) is 2.14. The lowest BCUT2D eigenvalue weighted by molar-refractivity contribution is -0.689. The normalized spacial score (nSPS) is 20.0. The first-order valence-corrected chi connectivity index (χ1v) is 12.1. The molecule has 0 bridgehead atoms. The number of nitrogens with two attached hydrogens (primary N) is 1. The van der Waals surface area contributed by atoms with Gasteiger partial charge in [-0.25, -0.2) is 4.79 Å². The number of hydrogen-bond donors (Lipinski definition) is 3. The minimum absolute atomic E-state index is 0.0275. The predicted octanol–water partition coefficient (Wildman–Crippen LogP) is 0.241. The van der Waals surface area contributed by atoms with Crippen LogP contribution in [-0.4, -0.2) is 66.6 Å². The van der Waals surface area contributed by atoms with Gasteiger partial charge in [-0.15, -0.1) is 11.8 Å². The number of aliphatic carboxylic acids is 1. The summed E-state index contributed by atoms with van der Waals surface area (Å²) in [5.74, 6) is -2.17.